The van der Waals surface area contributed by atoms with Crippen LogP contribution in [0.2, 0.25) is 0 Å². The summed E-state index contributed by atoms with van der Waals surface area (Å²) in [7, 11) is -11.1. The van der Waals surface area contributed by atoms with Gasteiger partial charge in [0.15, 0.2) is 5.13 Å². The minimum absolute atomic E-state index is 0. The highest BCUT2D eigenvalue weighted by Crippen LogP contribution is 2.33. The van der Waals surface area contributed by atoms with E-state index in [0.29, 0.717) is 76.5 Å². The number of nitrogens with zero attached hydrogens (tertiary/aromatic N) is 13. The lowest BCUT2D eigenvalue weighted by atomic mass is 9.87. The molecule has 3 N–H and O–H groups in total. The molecule has 0 aliphatic carbocycles. The van der Waals surface area contributed by atoms with E-state index in [2.05, 4.69) is 97.4 Å². The molecule has 3 saturated heterocycles. The van der Waals surface area contributed by atoms with Gasteiger partial charge >= 0.3 is 0 Å². The normalized spacial score (nSPS) is 15.2. The third kappa shape index (κ3) is 17.5. The highest BCUT2D eigenvalue weighted by Gasteiger charge is 2.32. The zero-order valence-corrected chi connectivity index (χ0v) is 60.6. The van der Waals surface area contributed by atoms with Crippen LogP contribution in [0.25, 0.3) is 21.9 Å². The van der Waals surface area contributed by atoms with E-state index in [1.54, 1.807) is 78.4 Å². The van der Waals surface area contributed by atoms with Gasteiger partial charge in [0, 0.05) is 129 Å². The van der Waals surface area contributed by atoms with E-state index < -0.39 is 30.1 Å². The van der Waals surface area contributed by atoms with Crippen molar-refractivity contribution in [3.8, 4) is 0 Å². The van der Waals surface area contributed by atoms with Crippen LogP contribution in [0, 0.1) is 12.8 Å². The fourth-order valence-electron chi connectivity index (χ4n) is 13.1. The number of anilines is 5. The van der Waals surface area contributed by atoms with Gasteiger partial charge in [-0.1, -0.05) is 74.5 Å². The van der Waals surface area contributed by atoms with Gasteiger partial charge in [-0.05, 0) is 158 Å². The first kappa shape index (κ1) is 72.2. The number of likely N-dealkylation sites (tertiary alicyclic amines) is 1. The van der Waals surface area contributed by atoms with E-state index in [0.717, 1.165) is 62.8 Å². The van der Waals surface area contributed by atoms with Crippen LogP contribution in [0.4, 0.5) is 28.1 Å². The van der Waals surface area contributed by atoms with E-state index in [1.807, 2.05) is 105 Å². The number of aryl methyl sites for hydroxylation is 1. The van der Waals surface area contributed by atoms with Crippen LogP contribution < -0.4 is 24.0 Å². The molecule has 2 unspecified atom stereocenters. The molecule has 6 aromatic heterocycles. The van der Waals surface area contributed by atoms with E-state index in [4.69, 9.17) is 0 Å². The van der Waals surface area contributed by atoms with Crippen molar-refractivity contribution in [3.05, 3.63) is 230 Å². The zero-order valence-electron chi connectivity index (χ0n) is 57.3. The number of thiazole rings is 1. The topological polar surface area (TPSA) is 293 Å². The number of sulfonamides is 3. The maximum absolute atomic E-state index is 13.3. The standard InChI is InChI=1S/C26H28N6O3S.C25H29N5O3S.C23H23N5O3S2.3H2/c1-19-4-3-5-21-11-13-32(25(19)21)20(2)26(33)31-16-14-30(15-17-31)22-6-8-23(9-7-22)36(34,35)29-24-10-12-27-18-28-24;1-19(2)24(20-6-4-3-5-7-20)25(31)30-16-14-29(15-17-30)21-8-10-22(11-9-21)34(32,33)28-23-12-13-26-18-27-23;29-21(16-28-14-9-19-2-1-10-24-22(19)28)27-12-7-18(8-13-27)17-3-5-20(6-4-17)33(30,31)26-23-25-11-15-32-23;;;/h3-13,18,20H,14-17H2,1-2H3,(H,27,28,29);3-13,18-19,24H,14-17H2,1-2H3,(H,26,27,28);1-6,9-11,14-15,18H,7-8,12-13,16H2,(H,25,26);3*1H. The molecule has 3 amide bonds. The summed E-state index contributed by atoms with van der Waals surface area (Å²) in [5, 5.41) is 4.23. The van der Waals surface area contributed by atoms with Crippen LogP contribution in [-0.2, 0) is 51.0 Å². The van der Waals surface area contributed by atoms with Gasteiger partial charge in [-0.15, -0.1) is 11.3 Å². The van der Waals surface area contributed by atoms with E-state index in [1.165, 1.54) is 48.5 Å². The number of para-hydroxylation sites is 1. The molecule has 29 heteroatoms. The van der Waals surface area contributed by atoms with Crippen molar-refractivity contribution in [3.63, 3.8) is 0 Å². The predicted octanol–water partition coefficient (Wildman–Crippen LogP) is 11.3. The quantitative estimate of drug-likeness (QED) is 0.0678. The van der Waals surface area contributed by atoms with Gasteiger partial charge < -0.3 is 33.6 Å². The number of carbonyl (C=O) groups is 3. The first-order valence-corrected chi connectivity index (χ1v) is 39.2. The number of rotatable bonds is 19. The summed E-state index contributed by atoms with van der Waals surface area (Å²) in [4.78, 5) is 73.8. The minimum atomic E-state index is -3.74. The van der Waals surface area contributed by atoms with Gasteiger partial charge in [-0.2, -0.15) is 0 Å². The molecule has 5 aromatic carbocycles. The number of piperazine rings is 2. The lowest BCUT2D eigenvalue weighted by molar-refractivity contribution is -0.135. The predicted molar refractivity (Wildman–Crippen MR) is 406 cm³/mol. The maximum atomic E-state index is 13.3. The molecule has 3 fully saturated rings. The lowest BCUT2D eigenvalue weighted by Gasteiger charge is -2.38. The number of hydrogen-bond donors (Lipinski definition) is 3. The Bertz CT molecular complexity index is 5060. The number of benzene rings is 5. The molecule has 3 aliphatic heterocycles. The molecule has 14 rings (SSSR count). The smallest absolute Gasteiger partial charge is 0.263 e. The lowest BCUT2D eigenvalue weighted by Crippen LogP contribution is -2.50. The highest BCUT2D eigenvalue weighted by molar-refractivity contribution is 7.93. The Kier molecular flexibility index (Phi) is 22.5. The number of nitrogens with one attached hydrogen (secondary N) is 3. The molecule has 103 heavy (non-hydrogen) atoms. The molecule has 25 nitrogen and oxygen atoms in total. The largest absolute Gasteiger partial charge is 0.368 e. The Morgan fingerprint density at radius 2 is 1.05 bits per heavy atom. The zero-order chi connectivity index (χ0) is 72.3. The van der Waals surface area contributed by atoms with Crippen LogP contribution in [0.3, 0.4) is 0 Å². The van der Waals surface area contributed by atoms with Crippen molar-refractivity contribution < 1.29 is 43.9 Å². The van der Waals surface area contributed by atoms with Crippen molar-refractivity contribution in [2.45, 2.75) is 79.6 Å². The van der Waals surface area contributed by atoms with Gasteiger partial charge in [-0.25, -0.2) is 55.2 Å². The number of pyridine rings is 1. The Balaban J connectivity index is 0.000000182. The van der Waals surface area contributed by atoms with E-state index >= 15 is 0 Å². The molecule has 540 valence electrons. The van der Waals surface area contributed by atoms with Crippen LogP contribution in [0.15, 0.2) is 228 Å². The first-order valence-electron chi connectivity index (χ1n) is 33.8. The van der Waals surface area contributed by atoms with Crippen molar-refractivity contribution in [1.82, 2.24) is 53.7 Å². The maximum Gasteiger partial charge on any atom is 0.263 e. The van der Waals surface area contributed by atoms with Gasteiger partial charge in [0.05, 0.1) is 26.1 Å². The second-order valence-electron chi connectivity index (χ2n) is 25.6. The van der Waals surface area contributed by atoms with Gasteiger partial charge in [0.1, 0.15) is 42.5 Å². The van der Waals surface area contributed by atoms with Crippen molar-refractivity contribution in [2.75, 3.05) is 89.4 Å². The van der Waals surface area contributed by atoms with Crippen molar-refractivity contribution >= 4 is 109 Å². The SMILES string of the molecule is CC(C)C(C(=O)N1CCN(c2ccc(S(=O)(=O)Nc3ccncn3)cc2)CC1)c1ccccc1.Cc1cccc2ccn(C(C)C(=O)N3CCN(c4ccc(S(=O)(=O)Nc5ccncn5)cc4)CC3)c12.O=C(Cn1ccc2cccnc21)N1CCC(c2ccc(S(=O)(=O)Nc3nccs3)cc2)CC1.[HH].[HH].[HH]. The molecule has 0 bridgehead atoms. The molecule has 0 spiro atoms. The molecule has 0 saturated carbocycles. The van der Waals surface area contributed by atoms with Crippen LogP contribution in [0.1, 0.15) is 72.5 Å². The number of amides is 3. The summed E-state index contributed by atoms with van der Waals surface area (Å²) in [6.45, 7) is 15.0. The summed E-state index contributed by atoms with van der Waals surface area (Å²) < 4.78 is 86.9. The Labute approximate surface area is 607 Å². The average molecular weight is 1470 g/mol. The van der Waals surface area contributed by atoms with Crippen LogP contribution in [0.5, 0.6) is 0 Å². The number of fused-ring (bicyclic) bond motifs is 2. The van der Waals surface area contributed by atoms with Crippen LogP contribution in [-0.4, -0.2) is 162 Å². The third-order valence-electron chi connectivity index (χ3n) is 18.6. The van der Waals surface area contributed by atoms with E-state index in [-0.39, 0.29) is 72.7 Å². The molecule has 2 atom stereocenters. The third-order valence-corrected chi connectivity index (χ3v) is 23.6. The number of hydrogen-bond acceptors (Lipinski definition) is 18. The van der Waals surface area contributed by atoms with Gasteiger partial charge in [-0.3, -0.25) is 28.5 Å². The fraction of sp³-hybridized carbons (Fsp3) is 0.284. The minimum Gasteiger partial charge on any atom is -0.368 e. The first-order chi connectivity index (χ1) is 49.7. The second-order valence-corrected chi connectivity index (χ2v) is 31.5. The van der Waals surface area contributed by atoms with Crippen molar-refractivity contribution in [2.24, 2.45) is 5.92 Å². The highest BCUT2D eigenvalue weighted by atomic mass is 32.2. The summed E-state index contributed by atoms with van der Waals surface area (Å²) in [6.07, 6.45) is 14.4. The molecular formula is C74H86N16O9S4. The number of carbonyl (C=O) groups excluding carboxylic acids is 3. The summed E-state index contributed by atoms with van der Waals surface area (Å²) in [6, 6.07) is 47.2. The van der Waals surface area contributed by atoms with Gasteiger partial charge in [0.2, 0.25) is 17.7 Å². The Morgan fingerprint density at radius 3 is 1.58 bits per heavy atom. The fourth-order valence-corrected chi connectivity index (χ4v) is 16.9. The summed E-state index contributed by atoms with van der Waals surface area (Å²) in [5.74, 6) is 1.14. The molecule has 9 heterocycles. The Hall–Kier alpha value is -10.6. The summed E-state index contributed by atoms with van der Waals surface area (Å²) in [5.41, 5.74) is 7.06. The molecule has 0 radical (unpaired) electrons. The molecular weight excluding hydrogens is 1390 g/mol. The summed E-state index contributed by atoms with van der Waals surface area (Å²) >= 11 is 1.24. The molecule has 11 aromatic rings. The number of piperidine rings is 1. The Morgan fingerprint density at radius 1 is 0.515 bits per heavy atom. The number of aromatic nitrogens is 8. The average Bonchev–Trinajstić information content (AvgIpc) is 1.61. The van der Waals surface area contributed by atoms with Crippen molar-refractivity contribution in [1.29, 1.82) is 0 Å². The monoisotopic (exact) mass is 1470 g/mol. The van der Waals surface area contributed by atoms with E-state index in [9.17, 15) is 39.6 Å². The van der Waals surface area contributed by atoms with Crippen LogP contribution >= 0.6 is 11.3 Å². The molecule has 3 aliphatic rings. The second kappa shape index (κ2) is 32.1. The van der Waals surface area contributed by atoms with Gasteiger partial charge in [0.25, 0.3) is 30.1 Å².